The topological polar surface area (TPSA) is 49.8 Å². The molecule has 0 aliphatic carbocycles. The van der Waals surface area contributed by atoms with Crippen LogP contribution < -0.4 is 9.64 Å². The molecule has 0 aromatic heterocycles. The standard InChI is InChI=1S/C13H17NO3/c1-17-11-7-5-6-10(12(11)13(15)16)14-8-3-2-4-9-14/h5-7H,2-4,8-9H2,1H3,(H,15,16). The van der Waals surface area contributed by atoms with E-state index in [4.69, 9.17) is 4.74 Å². The fourth-order valence-corrected chi connectivity index (χ4v) is 2.30. The van der Waals surface area contributed by atoms with Crippen LogP contribution in [-0.2, 0) is 0 Å². The molecule has 0 radical (unpaired) electrons. The summed E-state index contributed by atoms with van der Waals surface area (Å²) in [6, 6.07) is 5.39. The summed E-state index contributed by atoms with van der Waals surface area (Å²) in [4.78, 5) is 13.5. The Balaban J connectivity index is 2.40. The second kappa shape index (κ2) is 5.08. The third kappa shape index (κ3) is 2.35. The minimum absolute atomic E-state index is 0.275. The van der Waals surface area contributed by atoms with Gasteiger partial charge in [0.05, 0.1) is 12.8 Å². The van der Waals surface area contributed by atoms with Gasteiger partial charge in [-0.25, -0.2) is 4.79 Å². The monoisotopic (exact) mass is 235 g/mol. The number of carboxylic acid groups (broad SMARTS) is 1. The average Bonchev–Trinajstić information content (AvgIpc) is 2.38. The van der Waals surface area contributed by atoms with Crippen LogP contribution in [0.2, 0.25) is 0 Å². The third-order valence-corrected chi connectivity index (χ3v) is 3.13. The first-order valence-corrected chi connectivity index (χ1v) is 5.89. The summed E-state index contributed by atoms with van der Waals surface area (Å²) in [5, 5.41) is 9.30. The first kappa shape index (κ1) is 11.8. The number of hydrogen-bond acceptors (Lipinski definition) is 3. The number of carboxylic acids is 1. The number of ether oxygens (including phenoxy) is 1. The van der Waals surface area contributed by atoms with Crippen LogP contribution in [0.5, 0.6) is 5.75 Å². The van der Waals surface area contributed by atoms with Gasteiger partial charge in [0.1, 0.15) is 11.3 Å². The lowest BCUT2D eigenvalue weighted by Crippen LogP contribution is -2.30. The molecule has 0 atom stereocenters. The number of carbonyl (C=O) groups is 1. The highest BCUT2D eigenvalue weighted by molar-refractivity contribution is 5.97. The summed E-state index contributed by atoms with van der Waals surface area (Å²) < 4.78 is 5.13. The van der Waals surface area contributed by atoms with Crippen molar-refractivity contribution in [2.45, 2.75) is 19.3 Å². The van der Waals surface area contributed by atoms with Gasteiger partial charge >= 0.3 is 5.97 Å². The lowest BCUT2D eigenvalue weighted by Gasteiger charge is -2.30. The summed E-state index contributed by atoms with van der Waals surface area (Å²) in [6.45, 7) is 1.85. The van der Waals surface area contributed by atoms with Crippen molar-refractivity contribution in [1.82, 2.24) is 0 Å². The van der Waals surface area contributed by atoms with E-state index < -0.39 is 5.97 Å². The van der Waals surface area contributed by atoms with Crippen LogP contribution in [0.15, 0.2) is 18.2 Å². The van der Waals surface area contributed by atoms with Crippen LogP contribution >= 0.6 is 0 Å². The molecule has 2 rings (SSSR count). The number of benzene rings is 1. The molecule has 0 bridgehead atoms. The van der Waals surface area contributed by atoms with Gasteiger partial charge in [-0.2, -0.15) is 0 Å². The summed E-state index contributed by atoms with van der Waals surface area (Å²) in [5.41, 5.74) is 1.05. The van der Waals surface area contributed by atoms with Crippen molar-refractivity contribution in [1.29, 1.82) is 0 Å². The summed E-state index contributed by atoms with van der Waals surface area (Å²) >= 11 is 0. The van der Waals surface area contributed by atoms with Crippen LogP contribution in [-0.4, -0.2) is 31.3 Å². The van der Waals surface area contributed by atoms with Crippen molar-refractivity contribution in [2.75, 3.05) is 25.1 Å². The Kier molecular flexibility index (Phi) is 3.52. The Labute approximate surface area is 101 Å². The molecule has 17 heavy (non-hydrogen) atoms. The van der Waals surface area contributed by atoms with E-state index in [0.717, 1.165) is 31.6 Å². The van der Waals surface area contributed by atoms with Crippen LogP contribution in [0, 0.1) is 0 Å². The second-order valence-corrected chi connectivity index (χ2v) is 4.21. The lowest BCUT2D eigenvalue weighted by molar-refractivity contribution is 0.0694. The molecule has 92 valence electrons. The summed E-state index contributed by atoms with van der Waals surface area (Å²) in [6.07, 6.45) is 3.47. The first-order valence-electron chi connectivity index (χ1n) is 5.89. The number of rotatable bonds is 3. The molecular formula is C13H17NO3. The lowest BCUT2D eigenvalue weighted by atomic mass is 10.1. The highest BCUT2D eigenvalue weighted by Crippen LogP contribution is 2.31. The minimum Gasteiger partial charge on any atom is -0.496 e. The number of methoxy groups -OCH3 is 1. The van der Waals surface area contributed by atoms with E-state index in [1.165, 1.54) is 13.5 Å². The van der Waals surface area contributed by atoms with Gasteiger partial charge in [-0.3, -0.25) is 0 Å². The van der Waals surface area contributed by atoms with E-state index in [9.17, 15) is 9.90 Å². The number of nitrogens with zero attached hydrogens (tertiary/aromatic N) is 1. The van der Waals surface area contributed by atoms with Crippen molar-refractivity contribution in [3.63, 3.8) is 0 Å². The van der Waals surface area contributed by atoms with Gasteiger partial charge in [0.2, 0.25) is 0 Å². The van der Waals surface area contributed by atoms with Crippen molar-refractivity contribution >= 4 is 11.7 Å². The van der Waals surface area contributed by atoms with Crippen LogP contribution in [0.3, 0.4) is 0 Å². The van der Waals surface area contributed by atoms with E-state index >= 15 is 0 Å². The zero-order valence-corrected chi connectivity index (χ0v) is 9.98. The molecule has 1 N–H and O–H groups in total. The minimum atomic E-state index is -0.928. The zero-order chi connectivity index (χ0) is 12.3. The smallest absolute Gasteiger partial charge is 0.341 e. The molecule has 0 spiro atoms. The van der Waals surface area contributed by atoms with Gasteiger partial charge < -0.3 is 14.7 Å². The van der Waals surface area contributed by atoms with Gasteiger partial charge in [0.25, 0.3) is 0 Å². The summed E-state index contributed by atoms with van der Waals surface area (Å²) in [7, 11) is 1.50. The Morgan fingerprint density at radius 2 is 2.00 bits per heavy atom. The molecule has 1 saturated heterocycles. The quantitative estimate of drug-likeness (QED) is 0.874. The summed E-state index contributed by atoms with van der Waals surface area (Å²) in [5.74, 6) is -0.497. The van der Waals surface area contributed by atoms with Gasteiger partial charge in [0.15, 0.2) is 0 Å². The van der Waals surface area contributed by atoms with Gasteiger partial charge in [0, 0.05) is 13.1 Å². The maximum Gasteiger partial charge on any atom is 0.341 e. The van der Waals surface area contributed by atoms with Gasteiger partial charge in [-0.15, -0.1) is 0 Å². The van der Waals surface area contributed by atoms with E-state index in [2.05, 4.69) is 4.90 Å². The molecule has 1 aliphatic rings. The van der Waals surface area contributed by atoms with Crippen LogP contribution in [0.4, 0.5) is 5.69 Å². The maximum atomic E-state index is 11.3. The Morgan fingerprint density at radius 3 is 2.59 bits per heavy atom. The Morgan fingerprint density at radius 1 is 1.29 bits per heavy atom. The molecule has 1 aliphatic heterocycles. The van der Waals surface area contributed by atoms with Crippen molar-refractivity contribution in [3.05, 3.63) is 23.8 Å². The molecule has 0 saturated carbocycles. The molecule has 1 aromatic rings. The van der Waals surface area contributed by atoms with Crippen molar-refractivity contribution < 1.29 is 14.6 Å². The SMILES string of the molecule is COc1cccc(N2CCCCC2)c1C(=O)O. The molecule has 0 unspecified atom stereocenters. The Bertz CT molecular complexity index is 411. The molecule has 1 heterocycles. The molecule has 0 amide bonds. The number of hydrogen-bond donors (Lipinski definition) is 1. The molecular weight excluding hydrogens is 218 g/mol. The van der Waals surface area contributed by atoms with E-state index in [-0.39, 0.29) is 5.56 Å². The fourth-order valence-electron chi connectivity index (χ4n) is 2.30. The van der Waals surface area contributed by atoms with E-state index in [1.807, 2.05) is 12.1 Å². The average molecular weight is 235 g/mol. The maximum absolute atomic E-state index is 11.3. The normalized spacial score (nSPS) is 15.7. The predicted molar refractivity (Wildman–Crippen MR) is 66.0 cm³/mol. The van der Waals surface area contributed by atoms with Gasteiger partial charge in [-0.05, 0) is 31.4 Å². The van der Waals surface area contributed by atoms with E-state index in [0.29, 0.717) is 5.75 Å². The number of piperidine rings is 1. The number of anilines is 1. The predicted octanol–water partition coefficient (Wildman–Crippen LogP) is 2.38. The van der Waals surface area contributed by atoms with Crippen LogP contribution in [0.1, 0.15) is 29.6 Å². The van der Waals surface area contributed by atoms with Crippen molar-refractivity contribution in [2.24, 2.45) is 0 Å². The highest BCUT2D eigenvalue weighted by Gasteiger charge is 2.21. The van der Waals surface area contributed by atoms with Crippen molar-refractivity contribution in [3.8, 4) is 5.75 Å². The van der Waals surface area contributed by atoms with Crippen LogP contribution in [0.25, 0.3) is 0 Å². The third-order valence-electron chi connectivity index (χ3n) is 3.13. The Hall–Kier alpha value is -1.71. The highest BCUT2D eigenvalue weighted by atomic mass is 16.5. The molecule has 4 heteroatoms. The molecule has 1 aromatic carbocycles. The second-order valence-electron chi connectivity index (χ2n) is 4.21. The number of aromatic carboxylic acids is 1. The molecule has 4 nitrogen and oxygen atoms in total. The zero-order valence-electron chi connectivity index (χ0n) is 9.98. The largest absolute Gasteiger partial charge is 0.496 e. The van der Waals surface area contributed by atoms with E-state index in [1.54, 1.807) is 6.07 Å². The van der Waals surface area contributed by atoms with Gasteiger partial charge in [-0.1, -0.05) is 6.07 Å². The fraction of sp³-hybridized carbons (Fsp3) is 0.462. The molecule has 1 fully saturated rings. The first-order chi connectivity index (χ1) is 8.24.